The van der Waals surface area contributed by atoms with Crippen LogP contribution in [0.3, 0.4) is 0 Å². The molecule has 2 rings (SSSR count). The van der Waals surface area contributed by atoms with Crippen molar-refractivity contribution in [2.24, 2.45) is 5.84 Å². The Bertz CT molecular complexity index is 550. The lowest BCUT2D eigenvalue weighted by Gasteiger charge is -2.19. The quantitative estimate of drug-likeness (QED) is 0.629. The number of nitrogen functional groups attached to an aromatic ring is 1. The van der Waals surface area contributed by atoms with Crippen molar-refractivity contribution < 1.29 is 8.42 Å². The number of anilines is 1. The van der Waals surface area contributed by atoms with E-state index in [9.17, 15) is 8.42 Å². The Morgan fingerprint density at radius 1 is 1.37 bits per heavy atom. The van der Waals surface area contributed by atoms with Gasteiger partial charge in [-0.3, -0.25) is 4.90 Å². The first-order chi connectivity index (χ1) is 9.00. The van der Waals surface area contributed by atoms with Crippen molar-refractivity contribution in [2.75, 3.05) is 30.0 Å². The van der Waals surface area contributed by atoms with Crippen molar-refractivity contribution in [1.82, 2.24) is 9.88 Å². The van der Waals surface area contributed by atoms with E-state index in [1.807, 2.05) is 0 Å². The van der Waals surface area contributed by atoms with E-state index in [1.165, 1.54) is 0 Å². The fourth-order valence-electron chi connectivity index (χ4n) is 2.04. The van der Waals surface area contributed by atoms with Gasteiger partial charge in [-0.25, -0.2) is 19.2 Å². The van der Waals surface area contributed by atoms with Gasteiger partial charge in [-0.2, -0.15) is 0 Å². The summed E-state index contributed by atoms with van der Waals surface area (Å²) >= 11 is 6.09. The van der Waals surface area contributed by atoms with Gasteiger partial charge in [-0.1, -0.05) is 11.6 Å². The number of sulfone groups is 1. The van der Waals surface area contributed by atoms with E-state index >= 15 is 0 Å². The molecule has 1 aromatic rings. The molecule has 0 atom stereocenters. The summed E-state index contributed by atoms with van der Waals surface area (Å²) in [6.07, 6.45) is 0.648. The van der Waals surface area contributed by atoms with Crippen LogP contribution in [0.4, 0.5) is 5.82 Å². The smallest absolute Gasteiger partial charge is 0.151 e. The van der Waals surface area contributed by atoms with Gasteiger partial charge in [0.05, 0.1) is 22.2 Å². The van der Waals surface area contributed by atoms with E-state index in [2.05, 4.69) is 15.3 Å². The molecule has 6 nitrogen and oxygen atoms in total. The van der Waals surface area contributed by atoms with Crippen molar-refractivity contribution >= 4 is 27.3 Å². The van der Waals surface area contributed by atoms with Crippen LogP contribution in [0.5, 0.6) is 0 Å². The van der Waals surface area contributed by atoms with Crippen LogP contribution in [0.2, 0.25) is 5.02 Å². The molecule has 0 spiro atoms. The molecular weight excluding hydrogens is 288 g/mol. The summed E-state index contributed by atoms with van der Waals surface area (Å²) in [4.78, 5) is 6.35. The Morgan fingerprint density at radius 2 is 2.16 bits per heavy atom. The summed E-state index contributed by atoms with van der Waals surface area (Å²) in [5.74, 6) is 6.31. The second-order valence-electron chi connectivity index (χ2n) is 4.55. The predicted molar refractivity (Wildman–Crippen MR) is 75.6 cm³/mol. The normalized spacial score (nSPS) is 19.9. The van der Waals surface area contributed by atoms with Gasteiger partial charge in [0, 0.05) is 13.1 Å². The lowest BCUT2D eigenvalue weighted by atomic mass is 10.3. The monoisotopic (exact) mass is 304 g/mol. The molecule has 0 aromatic carbocycles. The molecule has 0 bridgehead atoms. The molecule has 0 saturated carbocycles. The Hall–Kier alpha value is -0.890. The van der Waals surface area contributed by atoms with Crippen LogP contribution in [0, 0.1) is 0 Å². The first-order valence-electron chi connectivity index (χ1n) is 6.05. The van der Waals surface area contributed by atoms with E-state index in [-0.39, 0.29) is 11.5 Å². The average Bonchev–Trinajstić information content (AvgIpc) is 2.54. The number of nitrogens with two attached hydrogens (primary N) is 1. The fraction of sp³-hybridized carbons (Fsp3) is 0.545. The van der Waals surface area contributed by atoms with E-state index in [0.717, 1.165) is 6.54 Å². The number of hydrogen-bond donors (Lipinski definition) is 2. The first-order valence-corrected chi connectivity index (χ1v) is 8.25. The van der Waals surface area contributed by atoms with Gasteiger partial charge >= 0.3 is 0 Å². The molecular formula is C11H17ClN4O2S. The van der Waals surface area contributed by atoms with Gasteiger partial charge in [0.1, 0.15) is 5.82 Å². The molecule has 1 aliphatic rings. The maximum absolute atomic E-state index is 11.5. The number of hydrogen-bond acceptors (Lipinski definition) is 6. The van der Waals surface area contributed by atoms with E-state index < -0.39 is 9.84 Å². The molecule has 0 aliphatic carbocycles. The van der Waals surface area contributed by atoms with Crippen LogP contribution in [0.1, 0.15) is 12.1 Å². The standard InChI is InChI=1S/C11H17ClN4O2S/c12-9-2-3-11(15-13)14-10(9)8-16-4-1-6-19(17,18)7-5-16/h2-3H,1,4-8,13H2,(H,14,15). The lowest BCUT2D eigenvalue weighted by Crippen LogP contribution is -2.27. The first kappa shape index (κ1) is 14.5. The third kappa shape index (κ3) is 4.04. The molecule has 1 aliphatic heterocycles. The highest BCUT2D eigenvalue weighted by atomic mass is 35.5. The highest BCUT2D eigenvalue weighted by molar-refractivity contribution is 7.91. The molecule has 2 heterocycles. The summed E-state index contributed by atoms with van der Waals surface area (Å²) in [7, 11) is -2.89. The number of nitrogens with one attached hydrogen (secondary N) is 1. The minimum absolute atomic E-state index is 0.194. The van der Waals surface area contributed by atoms with Gasteiger partial charge in [-0.15, -0.1) is 0 Å². The van der Waals surface area contributed by atoms with E-state index in [1.54, 1.807) is 12.1 Å². The number of aromatic nitrogens is 1. The van der Waals surface area contributed by atoms with Gasteiger partial charge in [0.15, 0.2) is 9.84 Å². The number of rotatable bonds is 3. The maximum atomic E-state index is 11.5. The zero-order valence-electron chi connectivity index (χ0n) is 10.5. The Balaban J connectivity index is 2.08. The predicted octanol–water partition coefficient (Wildman–Crippen LogP) is 0.641. The van der Waals surface area contributed by atoms with E-state index in [4.69, 9.17) is 17.4 Å². The molecule has 0 amide bonds. The Kier molecular flexibility index (Phi) is 4.62. The number of hydrazine groups is 1. The van der Waals surface area contributed by atoms with Crippen LogP contribution in [0.25, 0.3) is 0 Å². The van der Waals surface area contributed by atoms with Gasteiger partial charge < -0.3 is 5.43 Å². The molecule has 8 heteroatoms. The maximum Gasteiger partial charge on any atom is 0.151 e. The third-order valence-electron chi connectivity index (χ3n) is 3.09. The van der Waals surface area contributed by atoms with Crippen LogP contribution in [-0.2, 0) is 16.4 Å². The Morgan fingerprint density at radius 3 is 2.89 bits per heavy atom. The molecule has 0 unspecified atom stereocenters. The van der Waals surface area contributed by atoms with Crippen molar-refractivity contribution in [3.8, 4) is 0 Å². The van der Waals surface area contributed by atoms with Crippen LogP contribution >= 0.6 is 11.6 Å². The lowest BCUT2D eigenvalue weighted by molar-refractivity contribution is 0.284. The highest BCUT2D eigenvalue weighted by Crippen LogP contribution is 2.19. The largest absolute Gasteiger partial charge is 0.308 e. The zero-order chi connectivity index (χ0) is 13.9. The second-order valence-corrected chi connectivity index (χ2v) is 7.26. The molecule has 106 valence electrons. The minimum Gasteiger partial charge on any atom is -0.308 e. The Labute approximate surface area is 117 Å². The number of pyridine rings is 1. The van der Waals surface area contributed by atoms with Crippen LogP contribution in [-0.4, -0.2) is 42.9 Å². The molecule has 0 radical (unpaired) electrons. The summed E-state index contributed by atoms with van der Waals surface area (Å²) in [5.41, 5.74) is 3.18. The van der Waals surface area contributed by atoms with Crippen molar-refractivity contribution in [3.05, 3.63) is 22.8 Å². The SMILES string of the molecule is NNc1ccc(Cl)c(CN2CCCS(=O)(=O)CC2)n1. The zero-order valence-corrected chi connectivity index (χ0v) is 12.0. The number of halogens is 1. The molecule has 1 fully saturated rings. The van der Waals surface area contributed by atoms with Gasteiger partial charge in [0.25, 0.3) is 0 Å². The highest BCUT2D eigenvalue weighted by Gasteiger charge is 2.20. The van der Waals surface area contributed by atoms with Crippen LogP contribution < -0.4 is 11.3 Å². The van der Waals surface area contributed by atoms with Crippen molar-refractivity contribution in [2.45, 2.75) is 13.0 Å². The summed E-state index contributed by atoms with van der Waals surface area (Å²) < 4.78 is 23.1. The second kappa shape index (κ2) is 6.04. The van der Waals surface area contributed by atoms with E-state index in [0.29, 0.717) is 36.0 Å². The van der Waals surface area contributed by atoms with Crippen molar-refractivity contribution in [1.29, 1.82) is 0 Å². The van der Waals surface area contributed by atoms with Crippen molar-refractivity contribution in [3.63, 3.8) is 0 Å². The fourth-order valence-corrected chi connectivity index (χ4v) is 3.51. The van der Waals surface area contributed by atoms with Gasteiger partial charge in [0.2, 0.25) is 0 Å². The molecule has 19 heavy (non-hydrogen) atoms. The number of nitrogens with zero attached hydrogens (tertiary/aromatic N) is 2. The summed E-state index contributed by atoms with van der Waals surface area (Å²) in [6.45, 7) is 1.78. The average molecular weight is 305 g/mol. The topological polar surface area (TPSA) is 88.3 Å². The summed E-state index contributed by atoms with van der Waals surface area (Å²) in [5, 5.41) is 0.561. The van der Waals surface area contributed by atoms with Crippen LogP contribution in [0.15, 0.2) is 12.1 Å². The molecule has 1 saturated heterocycles. The summed E-state index contributed by atoms with van der Waals surface area (Å²) in [6, 6.07) is 3.42. The molecule has 1 aromatic heterocycles. The van der Waals surface area contributed by atoms with Gasteiger partial charge in [-0.05, 0) is 25.1 Å². The minimum atomic E-state index is -2.89. The third-order valence-corrected chi connectivity index (χ3v) is 5.15. The molecule has 3 N–H and O–H groups in total.